The summed E-state index contributed by atoms with van der Waals surface area (Å²) < 4.78 is 0. The zero-order chi connectivity index (χ0) is 13.5. The summed E-state index contributed by atoms with van der Waals surface area (Å²) in [5, 5.41) is 8.78. The minimum absolute atomic E-state index is 0.309. The normalized spacial score (nSPS) is 10.6. The quantitative estimate of drug-likeness (QED) is 0.759. The molecule has 1 N–H and O–H groups in total. The maximum Gasteiger partial charge on any atom is 0.0431 e. The van der Waals surface area contributed by atoms with Crippen LogP contribution >= 0.6 is 0 Å². The van der Waals surface area contributed by atoms with Crippen molar-refractivity contribution in [2.75, 3.05) is 6.61 Å². The third-order valence-corrected chi connectivity index (χ3v) is 3.44. The van der Waals surface area contributed by atoms with Crippen LogP contribution in [0.15, 0.2) is 48.5 Å². The van der Waals surface area contributed by atoms with Crippen LogP contribution in [0.2, 0.25) is 0 Å². The van der Waals surface area contributed by atoms with Crippen LogP contribution in [0.5, 0.6) is 0 Å². The van der Waals surface area contributed by atoms with Crippen molar-refractivity contribution in [3.8, 4) is 11.1 Å². The number of benzene rings is 2. The Balaban J connectivity index is 2.04. The predicted molar refractivity (Wildman–Crippen MR) is 81.3 cm³/mol. The molecule has 0 radical (unpaired) electrons. The number of hydrogen-bond donors (Lipinski definition) is 1. The summed E-state index contributed by atoms with van der Waals surface area (Å²) in [6.45, 7) is 2.42. The van der Waals surface area contributed by atoms with Crippen LogP contribution in [0, 0.1) is 6.92 Å². The molecule has 0 bridgehead atoms. The molecule has 1 heteroatoms. The largest absolute Gasteiger partial charge is 0.396 e. The fourth-order valence-electron chi connectivity index (χ4n) is 2.27. The molecule has 0 spiro atoms. The van der Waals surface area contributed by atoms with Crippen molar-refractivity contribution in [1.29, 1.82) is 0 Å². The van der Waals surface area contributed by atoms with Crippen molar-refractivity contribution in [3.63, 3.8) is 0 Å². The van der Waals surface area contributed by atoms with Crippen LogP contribution in [0.3, 0.4) is 0 Å². The van der Waals surface area contributed by atoms with Crippen LogP contribution < -0.4 is 0 Å². The van der Waals surface area contributed by atoms with E-state index in [1.165, 1.54) is 22.3 Å². The van der Waals surface area contributed by atoms with Crippen LogP contribution in [-0.4, -0.2) is 11.7 Å². The lowest BCUT2D eigenvalue weighted by molar-refractivity contribution is 0.283. The first-order valence-electron chi connectivity index (χ1n) is 7.06. The van der Waals surface area contributed by atoms with Gasteiger partial charge in [0.15, 0.2) is 0 Å². The molecule has 19 heavy (non-hydrogen) atoms. The van der Waals surface area contributed by atoms with Gasteiger partial charge in [0.2, 0.25) is 0 Å². The molecule has 100 valence electrons. The van der Waals surface area contributed by atoms with Gasteiger partial charge in [0.1, 0.15) is 0 Å². The predicted octanol–water partition coefficient (Wildman–Crippen LogP) is 4.37. The molecule has 0 unspecified atom stereocenters. The third kappa shape index (κ3) is 4.22. The van der Waals surface area contributed by atoms with E-state index in [9.17, 15) is 0 Å². The molecule has 0 aliphatic rings. The minimum Gasteiger partial charge on any atom is -0.396 e. The summed E-state index contributed by atoms with van der Waals surface area (Å²) >= 11 is 0. The zero-order valence-corrected chi connectivity index (χ0v) is 11.6. The van der Waals surface area contributed by atoms with E-state index in [1.807, 2.05) is 0 Å². The van der Waals surface area contributed by atoms with Crippen molar-refractivity contribution in [3.05, 3.63) is 59.7 Å². The zero-order valence-electron chi connectivity index (χ0n) is 11.6. The van der Waals surface area contributed by atoms with Gasteiger partial charge in [-0.25, -0.2) is 0 Å². The van der Waals surface area contributed by atoms with E-state index < -0.39 is 0 Å². The summed E-state index contributed by atoms with van der Waals surface area (Å²) in [6, 6.07) is 17.5. The number of hydrogen-bond acceptors (Lipinski definition) is 1. The molecular weight excluding hydrogens is 232 g/mol. The number of rotatable bonds is 6. The summed E-state index contributed by atoms with van der Waals surface area (Å²) in [4.78, 5) is 0. The van der Waals surface area contributed by atoms with Gasteiger partial charge in [0, 0.05) is 6.61 Å². The molecule has 1 nitrogen and oxygen atoms in total. The SMILES string of the molecule is Cc1ccc(-c2cccc(CCCCCO)c2)cc1. The average Bonchev–Trinajstić information content (AvgIpc) is 2.45. The molecule has 2 aromatic rings. The van der Waals surface area contributed by atoms with Gasteiger partial charge in [-0.05, 0) is 42.9 Å². The lowest BCUT2D eigenvalue weighted by Crippen LogP contribution is -1.89. The van der Waals surface area contributed by atoms with Gasteiger partial charge in [0.25, 0.3) is 0 Å². The summed E-state index contributed by atoms with van der Waals surface area (Å²) in [7, 11) is 0. The van der Waals surface area contributed by atoms with Crippen molar-refractivity contribution < 1.29 is 5.11 Å². The molecule has 0 heterocycles. The standard InChI is InChI=1S/C18H22O/c1-15-9-11-17(12-10-15)18-8-5-7-16(14-18)6-3-2-4-13-19/h5,7-12,14,19H,2-4,6,13H2,1H3. The molecule has 2 rings (SSSR count). The minimum atomic E-state index is 0.309. The van der Waals surface area contributed by atoms with Gasteiger partial charge in [-0.1, -0.05) is 60.5 Å². The van der Waals surface area contributed by atoms with E-state index in [4.69, 9.17) is 5.11 Å². The van der Waals surface area contributed by atoms with Crippen LogP contribution in [0.1, 0.15) is 30.4 Å². The number of aliphatic hydroxyl groups is 1. The average molecular weight is 254 g/mol. The molecular formula is C18H22O. The third-order valence-electron chi connectivity index (χ3n) is 3.44. The first-order valence-corrected chi connectivity index (χ1v) is 7.06. The molecule has 0 fully saturated rings. The molecule has 0 atom stereocenters. The lowest BCUT2D eigenvalue weighted by Gasteiger charge is -2.06. The van der Waals surface area contributed by atoms with Crippen molar-refractivity contribution >= 4 is 0 Å². The van der Waals surface area contributed by atoms with Crippen molar-refractivity contribution in [2.45, 2.75) is 32.6 Å². The van der Waals surface area contributed by atoms with Gasteiger partial charge in [-0.15, -0.1) is 0 Å². The van der Waals surface area contributed by atoms with Gasteiger partial charge in [-0.2, -0.15) is 0 Å². The molecule has 0 saturated heterocycles. The Kier molecular flexibility index (Phi) is 5.17. The van der Waals surface area contributed by atoms with Crippen LogP contribution in [0.4, 0.5) is 0 Å². The van der Waals surface area contributed by atoms with Crippen LogP contribution in [-0.2, 0) is 6.42 Å². The van der Waals surface area contributed by atoms with Gasteiger partial charge in [-0.3, -0.25) is 0 Å². The van der Waals surface area contributed by atoms with Crippen LogP contribution in [0.25, 0.3) is 11.1 Å². The maximum atomic E-state index is 8.78. The monoisotopic (exact) mass is 254 g/mol. The summed E-state index contributed by atoms with van der Waals surface area (Å²) in [5.74, 6) is 0. The fraction of sp³-hybridized carbons (Fsp3) is 0.333. The van der Waals surface area contributed by atoms with E-state index in [1.54, 1.807) is 0 Å². The number of aryl methyl sites for hydroxylation is 2. The van der Waals surface area contributed by atoms with Gasteiger partial charge >= 0.3 is 0 Å². The highest BCUT2D eigenvalue weighted by atomic mass is 16.2. The molecule has 0 saturated carbocycles. The highest BCUT2D eigenvalue weighted by Gasteiger charge is 1.99. The second kappa shape index (κ2) is 7.10. The first-order chi connectivity index (χ1) is 9.29. The molecule has 0 aliphatic carbocycles. The number of unbranched alkanes of at least 4 members (excludes halogenated alkanes) is 2. The highest BCUT2D eigenvalue weighted by molar-refractivity contribution is 5.64. The Morgan fingerprint density at radius 2 is 1.63 bits per heavy atom. The summed E-state index contributed by atoms with van der Waals surface area (Å²) in [5.41, 5.74) is 5.25. The Hall–Kier alpha value is -1.60. The van der Waals surface area contributed by atoms with E-state index in [0.717, 1.165) is 25.7 Å². The second-order valence-electron chi connectivity index (χ2n) is 5.10. The Morgan fingerprint density at radius 3 is 2.37 bits per heavy atom. The first kappa shape index (κ1) is 13.8. The molecule has 2 aromatic carbocycles. The Morgan fingerprint density at radius 1 is 0.842 bits per heavy atom. The van der Waals surface area contributed by atoms with Gasteiger partial charge in [0.05, 0.1) is 0 Å². The fourth-order valence-corrected chi connectivity index (χ4v) is 2.27. The molecule has 0 aromatic heterocycles. The van der Waals surface area contributed by atoms with Crippen molar-refractivity contribution in [2.24, 2.45) is 0 Å². The molecule has 0 aliphatic heterocycles. The lowest BCUT2D eigenvalue weighted by atomic mass is 9.99. The van der Waals surface area contributed by atoms with Crippen molar-refractivity contribution in [1.82, 2.24) is 0 Å². The topological polar surface area (TPSA) is 20.2 Å². The number of aliphatic hydroxyl groups excluding tert-OH is 1. The van der Waals surface area contributed by atoms with E-state index in [-0.39, 0.29) is 0 Å². The Labute approximate surface area is 115 Å². The smallest absolute Gasteiger partial charge is 0.0431 e. The Bertz CT molecular complexity index is 499. The van der Waals surface area contributed by atoms with E-state index >= 15 is 0 Å². The second-order valence-corrected chi connectivity index (χ2v) is 5.10. The van der Waals surface area contributed by atoms with Gasteiger partial charge < -0.3 is 5.11 Å². The summed E-state index contributed by atoms with van der Waals surface area (Å²) in [6.07, 6.45) is 4.26. The molecule has 0 amide bonds. The maximum absolute atomic E-state index is 8.78. The van der Waals surface area contributed by atoms with E-state index in [0.29, 0.717) is 6.61 Å². The highest BCUT2D eigenvalue weighted by Crippen LogP contribution is 2.21. The van der Waals surface area contributed by atoms with E-state index in [2.05, 4.69) is 55.5 Å².